The molecule has 1 aromatic carbocycles. The minimum Gasteiger partial charge on any atom is -0.478 e. The van der Waals surface area contributed by atoms with Crippen molar-refractivity contribution in [1.82, 2.24) is 10.2 Å². The first-order chi connectivity index (χ1) is 9.08. The molecular formula is C10H7FN4O3S. The zero-order valence-electron chi connectivity index (χ0n) is 9.25. The van der Waals surface area contributed by atoms with Crippen LogP contribution in [-0.4, -0.2) is 27.3 Å². The number of aromatic nitrogens is 2. The van der Waals surface area contributed by atoms with Gasteiger partial charge in [0.25, 0.3) is 0 Å². The van der Waals surface area contributed by atoms with Gasteiger partial charge >= 0.3 is 12.0 Å². The number of aromatic carboxylic acids is 1. The van der Waals surface area contributed by atoms with Gasteiger partial charge in [-0.15, -0.1) is 10.2 Å². The van der Waals surface area contributed by atoms with Crippen LogP contribution in [0, 0.1) is 5.82 Å². The first-order valence-corrected chi connectivity index (χ1v) is 5.82. The number of nitrogens with one attached hydrogen (secondary N) is 2. The van der Waals surface area contributed by atoms with Crippen LogP contribution in [0.3, 0.4) is 0 Å². The lowest BCUT2D eigenvalue weighted by Gasteiger charge is -2.08. The second-order valence-electron chi connectivity index (χ2n) is 3.29. The number of rotatable bonds is 3. The lowest BCUT2D eigenvalue weighted by Crippen LogP contribution is -2.21. The SMILES string of the molecule is O=C(Nc1nncs1)Nc1cccc(F)c1C(=O)O. The minimum absolute atomic E-state index is 0.144. The summed E-state index contributed by atoms with van der Waals surface area (Å²) in [6, 6.07) is 2.84. The highest BCUT2D eigenvalue weighted by atomic mass is 32.1. The fourth-order valence-corrected chi connectivity index (χ4v) is 1.76. The second kappa shape index (κ2) is 5.40. The van der Waals surface area contributed by atoms with Crippen LogP contribution in [0.15, 0.2) is 23.7 Å². The maximum absolute atomic E-state index is 13.4. The second-order valence-corrected chi connectivity index (χ2v) is 4.12. The number of hydrogen-bond donors (Lipinski definition) is 3. The third-order valence-electron chi connectivity index (χ3n) is 2.06. The van der Waals surface area contributed by atoms with Crippen molar-refractivity contribution >= 4 is 34.2 Å². The lowest BCUT2D eigenvalue weighted by molar-refractivity contribution is 0.0693. The summed E-state index contributed by atoms with van der Waals surface area (Å²) in [5.74, 6) is -2.40. The number of carbonyl (C=O) groups excluding carboxylic acids is 1. The molecule has 0 atom stereocenters. The minimum atomic E-state index is -1.47. The third kappa shape index (κ3) is 3.01. The Kier molecular flexibility index (Phi) is 3.66. The number of benzene rings is 1. The van der Waals surface area contributed by atoms with Gasteiger partial charge < -0.3 is 10.4 Å². The van der Waals surface area contributed by atoms with Gasteiger partial charge in [-0.05, 0) is 12.1 Å². The Morgan fingerprint density at radius 2 is 2.11 bits per heavy atom. The topological polar surface area (TPSA) is 104 Å². The van der Waals surface area contributed by atoms with Gasteiger partial charge in [0.2, 0.25) is 5.13 Å². The monoisotopic (exact) mass is 282 g/mol. The average molecular weight is 282 g/mol. The van der Waals surface area contributed by atoms with Crippen molar-refractivity contribution < 1.29 is 19.1 Å². The maximum atomic E-state index is 13.4. The summed E-state index contributed by atoms with van der Waals surface area (Å²) < 4.78 is 13.4. The number of carboxylic acid groups (broad SMARTS) is 1. The highest BCUT2D eigenvalue weighted by Crippen LogP contribution is 2.19. The molecule has 2 aromatic rings. The number of nitrogens with zero attached hydrogens (tertiary/aromatic N) is 2. The highest BCUT2D eigenvalue weighted by Gasteiger charge is 2.17. The predicted molar refractivity (Wildman–Crippen MR) is 65.9 cm³/mol. The number of anilines is 2. The van der Waals surface area contributed by atoms with Gasteiger partial charge in [-0.2, -0.15) is 0 Å². The van der Waals surface area contributed by atoms with E-state index in [1.54, 1.807) is 0 Å². The largest absolute Gasteiger partial charge is 0.478 e. The van der Waals surface area contributed by atoms with Crippen LogP contribution >= 0.6 is 11.3 Å². The Morgan fingerprint density at radius 3 is 2.74 bits per heavy atom. The van der Waals surface area contributed by atoms with Gasteiger partial charge in [-0.25, -0.2) is 14.0 Å². The van der Waals surface area contributed by atoms with Crippen LogP contribution in [0.25, 0.3) is 0 Å². The molecule has 0 saturated heterocycles. The normalized spacial score (nSPS) is 9.95. The molecule has 0 unspecified atom stereocenters. The molecule has 0 aliphatic rings. The summed E-state index contributed by atoms with van der Waals surface area (Å²) in [6.45, 7) is 0. The Bertz CT molecular complexity index is 617. The molecule has 3 N–H and O–H groups in total. The fraction of sp³-hybridized carbons (Fsp3) is 0. The maximum Gasteiger partial charge on any atom is 0.340 e. The van der Waals surface area contributed by atoms with Gasteiger partial charge in [0, 0.05) is 0 Å². The van der Waals surface area contributed by atoms with Crippen LogP contribution in [-0.2, 0) is 0 Å². The number of urea groups is 1. The zero-order chi connectivity index (χ0) is 13.8. The first-order valence-electron chi connectivity index (χ1n) is 4.94. The third-order valence-corrected chi connectivity index (χ3v) is 2.66. The summed E-state index contributed by atoms with van der Waals surface area (Å²) in [5, 5.41) is 20.8. The van der Waals surface area contributed by atoms with E-state index >= 15 is 0 Å². The molecule has 98 valence electrons. The standard InChI is InChI=1S/C10H7FN4O3S/c11-5-2-1-3-6(7(5)8(16)17)13-9(18)14-10-15-12-4-19-10/h1-4H,(H,16,17)(H2,13,14,15,18). The Morgan fingerprint density at radius 1 is 1.32 bits per heavy atom. The van der Waals surface area contributed by atoms with E-state index in [1.165, 1.54) is 17.6 Å². The van der Waals surface area contributed by atoms with Crippen LogP contribution in [0.4, 0.5) is 20.0 Å². The molecule has 0 fully saturated rings. The van der Waals surface area contributed by atoms with Crippen molar-refractivity contribution in [1.29, 1.82) is 0 Å². The van der Waals surface area contributed by atoms with Gasteiger partial charge in [-0.3, -0.25) is 5.32 Å². The van der Waals surface area contributed by atoms with Gasteiger partial charge in [0.15, 0.2) is 0 Å². The summed E-state index contributed by atoms with van der Waals surface area (Å²) in [4.78, 5) is 22.5. The highest BCUT2D eigenvalue weighted by molar-refractivity contribution is 7.13. The van der Waals surface area contributed by atoms with E-state index in [0.29, 0.717) is 0 Å². The number of amides is 2. The van der Waals surface area contributed by atoms with Gasteiger partial charge in [0.05, 0.1) is 5.69 Å². The Labute approximate surface area is 110 Å². The van der Waals surface area contributed by atoms with E-state index in [9.17, 15) is 14.0 Å². The van der Waals surface area contributed by atoms with E-state index in [1.807, 2.05) is 0 Å². The number of hydrogen-bond acceptors (Lipinski definition) is 5. The molecule has 0 bridgehead atoms. The fourth-order valence-electron chi connectivity index (χ4n) is 1.32. The molecule has 1 heterocycles. The van der Waals surface area contributed by atoms with Crippen molar-refractivity contribution in [2.45, 2.75) is 0 Å². The van der Waals surface area contributed by atoms with Crippen molar-refractivity contribution in [3.63, 3.8) is 0 Å². The van der Waals surface area contributed by atoms with Crippen LogP contribution < -0.4 is 10.6 Å². The first kappa shape index (κ1) is 12.9. The average Bonchev–Trinajstić information content (AvgIpc) is 2.81. The molecule has 2 amide bonds. The number of halogens is 1. The number of carboxylic acids is 1. The molecule has 7 nitrogen and oxygen atoms in total. The van der Waals surface area contributed by atoms with Crippen molar-refractivity contribution in [3.8, 4) is 0 Å². The molecule has 0 radical (unpaired) electrons. The zero-order valence-corrected chi connectivity index (χ0v) is 10.1. The molecule has 0 saturated carbocycles. The Balaban J connectivity index is 2.17. The molecule has 0 spiro atoms. The quantitative estimate of drug-likeness (QED) is 0.798. The van der Waals surface area contributed by atoms with Crippen molar-refractivity contribution in [2.24, 2.45) is 0 Å². The Hall–Kier alpha value is -2.55. The lowest BCUT2D eigenvalue weighted by atomic mass is 10.1. The predicted octanol–water partition coefficient (Wildman–Crippen LogP) is 2.02. The van der Waals surface area contributed by atoms with E-state index in [0.717, 1.165) is 17.4 Å². The molecule has 0 aliphatic heterocycles. The van der Waals surface area contributed by atoms with E-state index < -0.39 is 23.4 Å². The van der Waals surface area contributed by atoms with Crippen molar-refractivity contribution in [2.75, 3.05) is 10.6 Å². The van der Waals surface area contributed by atoms with Crippen LogP contribution in [0.1, 0.15) is 10.4 Å². The van der Waals surface area contributed by atoms with Crippen LogP contribution in [0.5, 0.6) is 0 Å². The summed E-state index contributed by atoms with van der Waals surface area (Å²) in [6.07, 6.45) is 0. The van der Waals surface area contributed by atoms with Gasteiger partial charge in [0.1, 0.15) is 16.9 Å². The molecule has 19 heavy (non-hydrogen) atoms. The summed E-state index contributed by atoms with van der Waals surface area (Å²) in [5.41, 5.74) is 0.671. The molecular weight excluding hydrogens is 275 g/mol. The molecule has 0 aliphatic carbocycles. The van der Waals surface area contributed by atoms with E-state index in [-0.39, 0.29) is 10.8 Å². The van der Waals surface area contributed by atoms with Crippen molar-refractivity contribution in [3.05, 3.63) is 35.1 Å². The van der Waals surface area contributed by atoms with Crippen LogP contribution in [0.2, 0.25) is 0 Å². The smallest absolute Gasteiger partial charge is 0.340 e. The van der Waals surface area contributed by atoms with Gasteiger partial charge in [-0.1, -0.05) is 17.4 Å². The molecule has 1 aromatic heterocycles. The van der Waals surface area contributed by atoms with E-state index in [2.05, 4.69) is 20.8 Å². The molecule has 2 rings (SSSR count). The summed E-state index contributed by atoms with van der Waals surface area (Å²) >= 11 is 1.09. The van der Waals surface area contributed by atoms with E-state index in [4.69, 9.17) is 5.11 Å². The summed E-state index contributed by atoms with van der Waals surface area (Å²) in [7, 11) is 0. The number of carbonyl (C=O) groups is 2. The molecule has 9 heteroatoms.